The molecule has 2 rings (SSSR count). The molecule has 1 aliphatic carbocycles. The second-order valence-corrected chi connectivity index (χ2v) is 4.07. The zero-order chi connectivity index (χ0) is 11.7. The summed E-state index contributed by atoms with van der Waals surface area (Å²) in [7, 11) is 0. The van der Waals surface area contributed by atoms with Crippen molar-refractivity contribution < 1.29 is 18.3 Å². The van der Waals surface area contributed by atoms with Gasteiger partial charge in [-0.05, 0) is 41.6 Å². The normalized spacial score (nSPS) is 23.2. The molecule has 0 aromatic heterocycles. The molecule has 0 bridgehead atoms. The van der Waals surface area contributed by atoms with Gasteiger partial charge in [0.1, 0.15) is 5.75 Å². The zero-order valence-electron chi connectivity index (χ0n) is 8.20. The van der Waals surface area contributed by atoms with Crippen molar-refractivity contribution in [3.8, 4) is 5.75 Å². The maximum Gasteiger partial charge on any atom is 0.387 e. The molecular weight excluding hydrogens is 238 g/mol. The van der Waals surface area contributed by atoms with Crippen LogP contribution in [0.25, 0.3) is 0 Å². The number of rotatable bonds is 4. The Hall–Kier alpha value is -1.16. The molecule has 1 fully saturated rings. The van der Waals surface area contributed by atoms with Crippen molar-refractivity contribution in [2.24, 2.45) is 5.92 Å². The summed E-state index contributed by atoms with van der Waals surface area (Å²) in [5, 5.41) is -0.335. The molecule has 0 saturated heterocycles. The number of hydrogen-bond donors (Lipinski definition) is 0. The summed E-state index contributed by atoms with van der Waals surface area (Å²) in [5.74, 6) is 0.127. The predicted molar refractivity (Wildman–Crippen MR) is 54.8 cm³/mol. The van der Waals surface area contributed by atoms with Crippen LogP contribution in [0.2, 0.25) is 0 Å². The predicted octanol–water partition coefficient (Wildman–Crippen LogP) is 3.16. The van der Waals surface area contributed by atoms with Crippen LogP contribution in [0.5, 0.6) is 5.75 Å². The second-order valence-electron chi connectivity index (χ2n) is 3.70. The lowest BCUT2D eigenvalue weighted by Gasteiger charge is -2.05. The molecule has 86 valence electrons. The molecule has 2 nitrogen and oxygen atoms in total. The van der Waals surface area contributed by atoms with Gasteiger partial charge >= 0.3 is 6.61 Å². The summed E-state index contributed by atoms with van der Waals surface area (Å²) in [6, 6.07) is 6.30. The van der Waals surface area contributed by atoms with Gasteiger partial charge in [-0.2, -0.15) is 8.78 Å². The van der Waals surface area contributed by atoms with E-state index in [1.165, 1.54) is 12.1 Å². The van der Waals surface area contributed by atoms with Crippen molar-refractivity contribution in [3.05, 3.63) is 29.8 Å². The van der Waals surface area contributed by atoms with Crippen LogP contribution < -0.4 is 4.74 Å². The van der Waals surface area contributed by atoms with E-state index in [0.29, 0.717) is 0 Å². The third-order valence-electron chi connectivity index (χ3n) is 2.62. The topological polar surface area (TPSA) is 26.3 Å². The average molecular weight is 247 g/mol. The van der Waals surface area contributed by atoms with Gasteiger partial charge in [0.25, 0.3) is 0 Å². The molecule has 0 amide bonds. The van der Waals surface area contributed by atoms with Gasteiger partial charge in [0, 0.05) is 5.92 Å². The van der Waals surface area contributed by atoms with Crippen LogP contribution in [-0.4, -0.2) is 11.9 Å². The van der Waals surface area contributed by atoms with Gasteiger partial charge < -0.3 is 4.74 Å². The SMILES string of the molecule is O=C(Cl)[C@@H]1C[C@H]1c1ccc(OC(F)F)cc1. The fourth-order valence-electron chi connectivity index (χ4n) is 1.71. The standard InChI is InChI=1S/C11H9ClF2O2/c12-10(15)9-5-8(9)6-1-3-7(4-2-6)16-11(13)14/h1-4,8-9,11H,5H2/t8-,9+/m0/s1. The maximum atomic E-state index is 11.9. The summed E-state index contributed by atoms with van der Waals surface area (Å²) in [5.41, 5.74) is 0.931. The van der Waals surface area contributed by atoms with Crippen LogP contribution in [0.3, 0.4) is 0 Å². The zero-order valence-corrected chi connectivity index (χ0v) is 8.95. The second kappa shape index (κ2) is 4.37. The minimum Gasteiger partial charge on any atom is -0.435 e. The smallest absolute Gasteiger partial charge is 0.387 e. The molecule has 0 spiro atoms. The first-order valence-electron chi connectivity index (χ1n) is 4.82. The van der Waals surface area contributed by atoms with Gasteiger partial charge in [-0.1, -0.05) is 12.1 Å². The van der Waals surface area contributed by atoms with Crippen LogP contribution in [0.15, 0.2) is 24.3 Å². The van der Waals surface area contributed by atoms with E-state index in [4.69, 9.17) is 11.6 Å². The highest BCUT2D eigenvalue weighted by Crippen LogP contribution is 2.48. The molecule has 1 aromatic rings. The molecule has 1 saturated carbocycles. The Bertz CT molecular complexity index is 391. The molecule has 5 heteroatoms. The van der Waals surface area contributed by atoms with E-state index in [2.05, 4.69) is 4.74 Å². The van der Waals surface area contributed by atoms with Crippen LogP contribution in [-0.2, 0) is 4.79 Å². The van der Waals surface area contributed by atoms with Crippen molar-refractivity contribution in [2.75, 3.05) is 0 Å². The Kier molecular flexibility index (Phi) is 3.10. The molecule has 16 heavy (non-hydrogen) atoms. The van der Waals surface area contributed by atoms with Crippen molar-refractivity contribution in [3.63, 3.8) is 0 Å². The van der Waals surface area contributed by atoms with Gasteiger partial charge in [-0.25, -0.2) is 0 Å². The van der Waals surface area contributed by atoms with E-state index < -0.39 is 6.61 Å². The van der Waals surface area contributed by atoms with Gasteiger partial charge in [0.05, 0.1) is 0 Å². The van der Waals surface area contributed by atoms with E-state index >= 15 is 0 Å². The van der Waals surface area contributed by atoms with E-state index in [-0.39, 0.29) is 22.8 Å². The van der Waals surface area contributed by atoms with Crippen LogP contribution in [0, 0.1) is 5.92 Å². The first kappa shape index (κ1) is 11.3. The summed E-state index contributed by atoms with van der Waals surface area (Å²) < 4.78 is 28.0. The highest BCUT2D eigenvalue weighted by atomic mass is 35.5. The van der Waals surface area contributed by atoms with Crippen LogP contribution in [0.4, 0.5) is 8.78 Å². The van der Waals surface area contributed by atoms with E-state index in [9.17, 15) is 13.6 Å². The average Bonchev–Trinajstić information content (AvgIpc) is 2.97. The number of ether oxygens (including phenoxy) is 1. The Morgan fingerprint density at radius 1 is 1.38 bits per heavy atom. The molecule has 0 aliphatic heterocycles. The van der Waals surface area contributed by atoms with Crippen molar-refractivity contribution in [1.29, 1.82) is 0 Å². The van der Waals surface area contributed by atoms with Gasteiger partial charge in [-0.15, -0.1) is 0 Å². The van der Waals surface area contributed by atoms with Crippen LogP contribution in [0.1, 0.15) is 17.9 Å². The molecule has 1 aliphatic rings. The highest BCUT2D eigenvalue weighted by molar-refractivity contribution is 6.64. The summed E-state index contributed by atoms with van der Waals surface area (Å²) in [6.45, 7) is -2.82. The lowest BCUT2D eigenvalue weighted by atomic mass is 10.1. The minimum absolute atomic E-state index is 0.119. The Morgan fingerprint density at radius 3 is 2.44 bits per heavy atom. The maximum absolute atomic E-state index is 11.9. The quantitative estimate of drug-likeness (QED) is 0.763. The van der Waals surface area contributed by atoms with E-state index in [1.807, 2.05) is 0 Å². The molecule has 1 aromatic carbocycles. The lowest BCUT2D eigenvalue weighted by molar-refractivity contribution is -0.112. The Balaban J connectivity index is 2.01. The van der Waals surface area contributed by atoms with E-state index in [1.54, 1.807) is 12.1 Å². The number of benzene rings is 1. The number of alkyl halides is 2. The van der Waals surface area contributed by atoms with Crippen molar-refractivity contribution in [2.45, 2.75) is 19.0 Å². The molecule has 0 N–H and O–H groups in total. The van der Waals surface area contributed by atoms with Gasteiger partial charge in [0.15, 0.2) is 0 Å². The van der Waals surface area contributed by atoms with E-state index in [0.717, 1.165) is 12.0 Å². The number of halogens is 3. The monoisotopic (exact) mass is 246 g/mol. The third kappa shape index (κ3) is 2.50. The fraction of sp³-hybridized carbons (Fsp3) is 0.364. The Morgan fingerprint density at radius 2 is 2.00 bits per heavy atom. The Labute approximate surface area is 96.2 Å². The molecule has 0 radical (unpaired) electrons. The fourth-order valence-corrected chi connectivity index (χ4v) is 1.95. The molecule has 2 atom stereocenters. The summed E-state index contributed by atoms with van der Waals surface area (Å²) in [6.07, 6.45) is 0.734. The molecule has 0 heterocycles. The minimum atomic E-state index is -2.82. The number of carbonyl (C=O) groups excluding carboxylic acids is 1. The largest absolute Gasteiger partial charge is 0.435 e. The first-order valence-corrected chi connectivity index (χ1v) is 5.20. The number of hydrogen-bond acceptors (Lipinski definition) is 2. The lowest BCUT2D eigenvalue weighted by Crippen LogP contribution is -2.01. The molecule has 0 unspecified atom stereocenters. The van der Waals surface area contributed by atoms with Crippen molar-refractivity contribution in [1.82, 2.24) is 0 Å². The summed E-state index contributed by atoms with van der Waals surface area (Å²) in [4.78, 5) is 10.8. The summed E-state index contributed by atoms with van der Waals surface area (Å²) >= 11 is 5.36. The molecular formula is C11H9ClF2O2. The number of carbonyl (C=O) groups is 1. The van der Waals surface area contributed by atoms with Crippen molar-refractivity contribution >= 4 is 16.8 Å². The first-order chi connectivity index (χ1) is 7.58. The third-order valence-corrected chi connectivity index (χ3v) is 2.90. The van der Waals surface area contributed by atoms with Crippen LogP contribution >= 0.6 is 11.6 Å². The van der Waals surface area contributed by atoms with Gasteiger partial charge in [0.2, 0.25) is 5.24 Å². The van der Waals surface area contributed by atoms with Gasteiger partial charge in [-0.3, -0.25) is 4.79 Å². The highest BCUT2D eigenvalue weighted by Gasteiger charge is 2.42.